The van der Waals surface area contributed by atoms with Gasteiger partial charge in [-0.2, -0.15) is 4.39 Å². The van der Waals surface area contributed by atoms with Gasteiger partial charge in [0, 0.05) is 25.0 Å². The van der Waals surface area contributed by atoms with Crippen LogP contribution in [-0.4, -0.2) is 45.2 Å². The number of hydroxylamine groups is 2. The van der Waals surface area contributed by atoms with E-state index in [1.54, 1.807) is 24.4 Å². The Labute approximate surface area is 137 Å². The Morgan fingerprint density at radius 1 is 1.38 bits per heavy atom. The smallest absolute Gasteiger partial charge is 0.351 e. The third kappa shape index (κ3) is 3.93. The molecule has 0 bridgehead atoms. The highest BCUT2D eigenvalue weighted by atomic mass is 19.1. The molecule has 3 N–H and O–H groups in total. The van der Waals surface area contributed by atoms with Crippen molar-refractivity contribution in [2.24, 2.45) is 5.73 Å². The minimum absolute atomic E-state index is 0.00732. The van der Waals surface area contributed by atoms with Crippen LogP contribution in [0.4, 0.5) is 15.1 Å². The number of pyridine rings is 1. The summed E-state index contributed by atoms with van der Waals surface area (Å²) in [4.78, 5) is 27.9. The molecule has 1 amide bonds. The number of hydrogen-bond acceptors (Lipinski definition) is 7. The maximum absolute atomic E-state index is 13.8. The first-order valence-corrected chi connectivity index (χ1v) is 7.54. The average Bonchev–Trinajstić information content (AvgIpc) is 2.55. The summed E-state index contributed by atoms with van der Waals surface area (Å²) in [6, 6.07) is 4.87. The van der Waals surface area contributed by atoms with Gasteiger partial charge in [-0.3, -0.25) is 0 Å². The second-order valence-electron chi connectivity index (χ2n) is 5.39. The number of amides is 1. The Balaban J connectivity index is 1.71. The fraction of sp³-hybridized carbons (Fsp3) is 0.333. The molecule has 126 valence electrons. The third-order valence-corrected chi connectivity index (χ3v) is 3.63. The summed E-state index contributed by atoms with van der Waals surface area (Å²) >= 11 is 0. The van der Waals surface area contributed by atoms with E-state index in [2.05, 4.69) is 20.3 Å². The highest BCUT2D eigenvalue weighted by molar-refractivity contribution is 5.64. The molecule has 2 aromatic rings. The molecule has 0 saturated carbocycles. The number of aromatic nitrogens is 3. The average molecular weight is 332 g/mol. The molecule has 3 rings (SSSR count). The van der Waals surface area contributed by atoms with Gasteiger partial charge in [0.2, 0.25) is 11.9 Å². The van der Waals surface area contributed by atoms with Crippen molar-refractivity contribution >= 4 is 12.0 Å². The van der Waals surface area contributed by atoms with E-state index in [4.69, 9.17) is 10.6 Å². The van der Waals surface area contributed by atoms with E-state index >= 15 is 0 Å². The summed E-state index contributed by atoms with van der Waals surface area (Å²) in [6.07, 6.45) is 3.81. The van der Waals surface area contributed by atoms with Crippen LogP contribution in [0.1, 0.15) is 12.8 Å². The van der Waals surface area contributed by atoms with E-state index in [0.29, 0.717) is 30.3 Å². The standard InChI is InChI=1S/C15H17FN6O2/c16-13-11(4-1-6-18-13)12-5-7-19-15(21-12)20-10-3-2-8-22(9-10)24-14(17)23/h1,4-7,10H,2-3,8-9H2,(H2,17,23)(H,19,20,21)/t10-/m0/s1. The number of carbonyl (C=O) groups excluding carboxylic acids is 1. The van der Waals surface area contributed by atoms with Gasteiger partial charge in [0.05, 0.1) is 17.8 Å². The van der Waals surface area contributed by atoms with E-state index in [9.17, 15) is 9.18 Å². The minimum Gasteiger partial charge on any atom is -0.351 e. The number of nitrogens with zero attached hydrogens (tertiary/aromatic N) is 4. The lowest BCUT2D eigenvalue weighted by Gasteiger charge is -2.30. The molecular formula is C15H17FN6O2. The molecule has 0 radical (unpaired) electrons. The van der Waals surface area contributed by atoms with Gasteiger partial charge in [0.1, 0.15) is 0 Å². The van der Waals surface area contributed by atoms with Crippen LogP contribution < -0.4 is 11.1 Å². The second-order valence-corrected chi connectivity index (χ2v) is 5.39. The molecule has 1 aliphatic rings. The number of primary amides is 1. The number of nitrogens with two attached hydrogens (primary N) is 1. The van der Waals surface area contributed by atoms with Gasteiger partial charge >= 0.3 is 6.09 Å². The van der Waals surface area contributed by atoms with Gasteiger partial charge < -0.3 is 15.9 Å². The summed E-state index contributed by atoms with van der Waals surface area (Å²) < 4.78 is 13.8. The zero-order valence-corrected chi connectivity index (χ0v) is 12.9. The van der Waals surface area contributed by atoms with Gasteiger partial charge in [0.25, 0.3) is 0 Å². The molecule has 8 nitrogen and oxygen atoms in total. The number of hydrogen-bond donors (Lipinski definition) is 2. The zero-order chi connectivity index (χ0) is 16.9. The van der Waals surface area contributed by atoms with Crippen LogP contribution in [0.25, 0.3) is 11.3 Å². The van der Waals surface area contributed by atoms with Crippen molar-refractivity contribution in [3.63, 3.8) is 0 Å². The molecule has 9 heteroatoms. The number of carbonyl (C=O) groups is 1. The maximum atomic E-state index is 13.8. The summed E-state index contributed by atoms with van der Waals surface area (Å²) in [5.74, 6) is -0.206. The normalized spacial score (nSPS) is 18.1. The molecule has 24 heavy (non-hydrogen) atoms. The largest absolute Gasteiger partial charge is 0.423 e. The van der Waals surface area contributed by atoms with E-state index in [-0.39, 0.29) is 6.04 Å². The van der Waals surface area contributed by atoms with Crippen molar-refractivity contribution in [1.82, 2.24) is 20.0 Å². The lowest BCUT2D eigenvalue weighted by atomic mass is 10.1. The molecule has 2 aromatic heterocycles. The molecular weight excluding hydrogens is 315 g/mol. The highest BCUT2D eigenvalue weighted by Gasteiger charge is 2.23. The molecule has 1 fully saturated rings. The summed E-state index contributed by atoms with van der Waals surface area (Å²) in [5, 5.41) is 4.68. The van der Waals surface area contributed by atoms with Crippen LogP contribution in [0.2, 0.25) is 0 Å². The van der Waals surface area contributed by atoms with Crippen LogP contribution in [0.3, 0.4) is 0 Å². The predicted octanol–water partition coefficient (Wildman–Crippen LogP) is 1.56. The van der Waals surface area contributed by atoms with E-state index in [1.807, 2.05) is 0 Å². The van der Waals surface area contributed by atoms with Crippen molar-refractivity contribution < 1.29 is 14.0 Å². The van der Waals surface area contributed by atoms with Crippen LogP contribution in [0.5, 0.6) is 0 Å². The van der Waals surface area contributed by atoms with E-state index in [1.165, 1.54) is 11.3 Å². The molecule has 1 aliphatic heterocycles. The Morgan fingerprint density at radius 3 is 3.04 bits per heavy atom. The SMILES string of the molecule is NC(=O)ON1CCC[C@H](Nc2nccc(-c3cccnc3F)n2)C1. The highest BCUT2D eigenvalue weighted by Crippen LogP contribution is 2.20. The number of halogens is 1. The third-order valence-electron chi connectivity index (χ3n) is 3.63. The molecule has 0 unspecified atom stereocenters. The van der Waals surface area contributed by atoms with Crippen molar-refractivity contribution in [2.75, 3.05) is 18.4 Å². The van der Waals surface area contributed by atoms with Crippen LogP contribution in [-0.2, 0) is 4.84 Å². The summed E-state index contributed by atoms with van der Waals surface area (Å²) in [5.41, 5.74) is 5.78. The first kappa shape index (κ1) is 16.1. The predicted molar refractivity (Wildman–Crippen MR) is 84.1 cm³/mol. The van der Waals surface area contributed by atoms with Gasteiger partial charge in [-0.05, 0) is 31.0 Å². The molecule has 1 atom stereocenters. The fourth-order valence-corrected chi connectivity index (χ4v) is 2.61. The second kappa shape index (κ2) is 7.18. The molecule has 0 aromatic carbocycles. The first-order valence-electron chi connectivity index (χ1n) is 7.54. The summed E-state index contributed by atoms with van der Waals surface area (Å²) in [7, 11) is 0. The van der Waals surface area contributed by atoms with Crippen molar-refractivity contribution in [3.05, 3.63) is 36.5 Å². The molecule has 0 spiro atoms. The Kier molecular flexibility index (Phi) is 4.80. The van der Waals surface area contributed by atoms with Crippen LogP contribution in [0.15, 0.2) is 30.6 Å². The number of anilines is 1. The lowest BCUT2D eigenvalue weighted by molar-refractivity contribution is -0.109. The van der Waals surface area contributed by atoms with Crippen molar-refractivity contribution in [3.8, 4) is 11.3 Å². The van der Waals surface area contributed by atoms with E-state index < -0.39 is 12.0 Å². The quantitative estimate of drug-likeness (QED) is 0.818. The maximum Gasteiger partial charge on any atom is 0.423 e. The Morgan fingerprint density at radius 2 is 2.25 bits per heavy atom. The molecule has 1 saturated heterocycles. The number of nitrogens with one attached hydrogen (secondary N) is 1. The Hall–Kier alpha value is -2.81. The molecule has 0 aliphatic carbocycles. The minimum atomic E-state index is -0.832. The molecule has 3 heterocycles. The topological polar surface area (TPSA) is 106 Å². The van der Waals surface area contributed by atoms with Gasteiger partial charge in [-0.25, -0.2) is 19.7 Å². The van der Waals surface area contributed by atoms with Gasteiger partial charge in [-0.1, -0.05) is 0 Å². The summed E-state index contributed by atoms with van der Waals surface area (Å²) in [6.45, 7) is 1.10. The monoisotopic (exact) mass is 332 g/mol. The lowest BCUT2D eigenvalue weighted by Crippen LogP contribution is -2.44. The van der Waals surface area contributed by atoms with Gasteiger partial charge in [0.15, 0.2) is 0 Å². The zero-order valence-electron chi connectivity index (χ0n) is 12.9. The number of rotatable bonds is 4. The van der Waals surface area contributed by atoms with Crippen molar-refractivity contribution in [1.29, 1.82) is 0 Å². The first-order chi connectivity index (χ1) is 11.6. The number of piperidine rings is 1. The van der Waals surface area contributed by atoms with Crippen molar-refractivity contribution in [2.45, 2.75) is 18.9 Å². The Bertz CT molecular complexity index is 729. The van der Waals surface area contributed by atoms with Crippen LogP contribution in [0, 0.1) is 5.95 Å². The fourth-order valence-electron chi connectivity index (χ4n) is 2.61. The van der Waals surface area contributed by atoms with Gasteiger partial charge in [-0.15, -0.1) is 5.06 Å². The van der Waals surface area contributed by atoms with E-state index in [0.717, 1.165) is 12.8 Å². The van der Waals surface area contributed by atoms with Crippen LogP contribution >= 0.6 is 0 Å².